The van der Waals surface area contributed by atoms with Crippen molar-refractivity contribution in [1.29, 1.82) is 0 Å². The van der Waals surface area contributed by atoms with E-state index >= 15 is 0 Å². The Balaban J connectivity index is 2.51. The van der Waals surface area contributed by atoms with E-state index in [-0.39, 0.29) is 5.44 Å². The van der Waals surface area contributed by atoms with Crippen LogP contribution in [-0.2, 0) is 0 Å². The second kappa shape index (κ2) is 4.42. The second-order valence-electron chi connectivity index (χ2n) is 2.29. The summed E-state index contributed by atoms with van der Waals surface area (Å²) in [5.74, 6) is 0. The molecule has 0 saturated heterocycles. The molecule has 0 aliphatic heterocycles. The zero-order valence-electron chi connectivity index (χ0n) is 6.53. The average molecular weight is 168 g/mol. The first-order valence-electron chi connectivity index (χ1n) is 3.72. The van der Waals surface area contributed by atoms with Crippen molar-refractivity contribution in [2.75, 3.05) is 0 Å². The van der Waals surface area contributed by atoms with Crippen LogP contribution in [0.15, 0.2) is 35.2 Å². The summed E-state index contributed by atoms with van der Waals surface area (Å²) >= 11 is 1.50. The minimum atomic E-state index is -0.266. The van der Waals surface area contributed by atoms with Crippen LogP contribution in [0, 0.1) is 0 Å². The standard InChI is InChI=1S/C9H12OS/c1-2-9(10)11-8-6-4-3-5-7-8/h3-7,9-10H,2H2,1H3. The quantitative estimate of drug-likeness (QED) is 0.553. The molecular weight excluding hydrogens is 156 g/mol. The first-order chi connectivity index (χ1) is 5.33. The van der Waals surface area contributed by atoms with Crippen LogP contribution in [0.2, 0.25) is 0 Å². The third-order valence-electron chi connectivity index (χ3n) is 1.36. The number of hydrogen-bond donors (Lipinski definition) is 1. The Morgan fingerprint density at radius 2 is 2.00 bits per heavy atom. The van der Waals surface area contributed by atoms with Gasteiger partial charge >= 0.3 is 0 Å². The number of rotatable bonds is 3. The average Bonchev–Trinajstić information content (AvgIpc) is 2.06. The molecule has 11 heavy (non-hydrogen) atoms. The molecule has 1 rings (SSSR count). The number of thioether (sulfide) groups is 1. The molecule has 0 bridgehead atoms. The van der Waals surface area contributed by atoms with Crippen LogP contribution in [0.5, 0.6) is 0 Å². The van der Waals surface area contributed by atoms with E-state index in [0.717, 1.165) is 11.3 Å². The number of hydrogen-bond acceptors (Lipinski definition) is 2. The highest BCUT2D eigenvalue weighted by atomic mass is 32.2. The van der Waals surface area contributed by atoms with Crippen molar-refractivity contribution >= 4 is 11.8 Å². The van der Waals surface area contributed by atoms with Gasteiger partial charge in [-0.05, 0) is 18.6 Å². The first kappa shape index (κ1) is 8.62. The second-order valence-corrected chi connectivity index (χ2v) is 3.55. The van der Waals surface area contributed by atoms with E-state index in [1.807, 2.05) is 37.3 Å². The number of aliphatic hydroxyl groups excluding tert-OH is 1. The Labute approximate surface area is 71.4 Å². The number of benzene rings is 1. The van der Waals surface area contributed by atoms with Crippen molar-refractivity contribution in [3.8, 4) is 0 Å². The smallest absolute Gasteiger partial charge is 0.104 e. The minimum absolute atomic E-state index is 0.266. The summed E-state index contributed by atoms with van der Waals surface area (Å²) in [6, 6.07) is 9.94. The predicted molar refractivity (Wildman–Crippen MR) is 48.6 cm³/mol. The van der Waals surface area contributed by atoms with Gasteiger partial charge in [0.05, 0.1) is 0 Å². The Kier molecular flexibility index (Phi) is 3.46. The van der Waals surface area contributed by atoms with E-state index < -0.39 is 0 Å². The van der Waals surface area contributed by atoms with Crippen LogP contribution in [0.1, 0.15) is 13.3 Å². The van der Waals surface area contributed by atoms with Crippen LogP contribution >= 0.6 is 11.8 Å². The van der Waals surface area contributed by atoms with Gasteiger partial charge in [-0.3, -0.25) is 0 Å². The molecule has 0 aromatic heterocycles. The molecule has 0 saturated carbocycles. The van der Waals surface area contributed by atoms with E-state index in [1.165, 1.54) is 11.8 Å². The lowest BCUT2D eigenvalue weighted by molar-refractivity contribution is 0.259. The zero-order chi connectivity index (χ0) is 8.10. The maximum Gasteiger partial charge on any atom is 0.104 e. The molecule has 1 aromatic rings. The molecule has 1 nitrogen and oxygen atoms in total. The highest BCUT2D eigenvalue weighted by molar-refractivity contribution is 7.99. The third-order valence-corrected chi connectivity index (χ3v) is 2.51. The zero-order valence-corrected chi connectivity index (χ0v) is 7.34. The van der Waals surface area contributed by atoms with Crippen LogP contribution in [0.3, 0.4) is 0 Å². The summed E-state index contributed by atoms with van der Waals surface area (Å²) in [6.45, 7) is 1.97. The van der Waals surface area contributed by atoms with E-state index in [1.54, 1.807) is 0 Å². The molecule has 1 unspecified atom stereocenters. The van der Waals surface area contributed by atoms with Crippen molar-refractivity contribution in [2.24, 2.45) is 0 Å². The van der Waals surface area contributed by atoms with E-state index in [4.69, 9.17) is 0 Å². The normalized spacial score (nSPS) is 12.9. The molecule has 0 radical (unpaired) electrons. The van der Waals surface area contributed by atoms with Gasteiger partial charge in [-0.25, -0.2) is 0 Å². The third kappa shape index (κ3) is 2.95. The van der Waals surface area contributed by atoms with Gasteiger partial charge in [0, 0.05) is 4.90 Å². The van der Waals surface area contributed by atoms with E-state index in [2.05, 4.69) is 0 Å². The van der Waals surface area contributed by atoms with Gasteiger partial charge in [-0.2, -0.15) is 0 Å². The molecule has 0 fully saturated rings. The Morgan fingerprint density at radius 3 is 2.55 bits per heavy atom. The fourth-order valence-corrected chi connectivity index (χ4v) is 1.53. The van der Waals surface area contributed by atoms with Crippen molar-refractivity contribution in [3.63, 3.8) is 0 Å². The Hall–Kier alpha value is -0.470. The summed E-state index contributed by atoms with van der Waals surface area (Å²) in [6.07, 6.45) is 0.791. The lowest BCUT2D eigenvalue weighted by Gasteiger charge is -2.05. The maximum absolute atomic E-state index is 9.27. The largest absolute Gasteiger partial charge is 0.382 e. The molecule has 1 atom stereocenters. The summed E-state index contributed by atoms with van der Waals surface area (Å²) in [5, 5.41) is 9.27. The Bertz CT molecular complexity index is 198. The van der Waals surface area contributed by atoms with Crippen LogP contribution in [-0.4, -0.2) is 10.5 Å². The van der Waals surface area contributed by atoms with E-state index in [9.17, 15) is 5.11 Å². The molecule has 0 aliphatic carbocycles. The van der Waals surface area contributed by atoms with Gasteiger partial charge in [-0.1, -0.05) is 36.9 Å². The molecule has 0 heterocycles. The van der Waals surface area contributed by atoms with Crippen molar-refractivity contribution in [3.05, 3.63) is 30.3 Å². The van der Waals surface area contributed by atoms with Gasteiger partial charge in [0.25, 0.3) is 0 Å². The van der Waals surface area contributed by atoms with Gasteiger partial charge in [0.15, 0.2) is 0 Å². The summed E-state index contributed by atoms with van der Waals surface area (Å²) < 4.78 is 0. The molecular formula is C9H12OS. The molecule has 0 aliphatic rings. The fourth-order valence-electron chi connectivity index (χ4n) is 0.739. The van der Waals surface area contributed by atoms with Crippen LogP contribution in [0.4, 0.5) is 0 Å². The predicted octanol–water partition coefficient (Wildman–Crippen LogP) is 2.51. The fraction of sp³-hybridized carbons (Fsp3) is 0.333. The van der Waals surface area contributed by atoms with Gasteiger partial charge in [0.2, 0.25) is 0 Å². The van der Waals surface area contributed by atoms with Crippen LogP contribution in [0.25, 0.3) is 0 Å². The molecule has 60 valence electrons. The lowest BCUT2D eigenvalue weighted by Crippen LogP contribution is -1.96. The summed E-state index contributed by atoms with van der Waals surface area (Å²) in [5.41, 5.74) is -0.266. The van der Waals surface area contributed by atoms with Crippen LogP contribution < -0.4 is 0 Å². The Morgan fingerprint density at radius 1 is 1.36 bits per heavy atom. The monoisotopic (exact) mass is 168 g/mol. The highest BCUT2D eigenvalue weighted by Crippen LogP contribution is 2.22. The van der Waals surface area contributed by atoms with Gasteiger partial charge in [0.1, 0.15) is 5.44 Å². The highest BCUT2D eigenvalue weighted by Gasteiger charge is 2.00. The van der Waals surface area contributed by atoms with Gasteiger partial charge in [-0.15, -0.1) is 0 Å². The lowest BCUT2D eigenvalue weighted by atomic mass is 10.4. The SMILES string of the molecule is CCC(O)Sc1ccccc1. The molecule has 0 spiro atoms. The van der Waals surface area contributed by atoms with Crippen molar-refractivity contribution < 1.29 is 5.11 Å². The van der Waals surface area contributed by atoms with E-state index in [0.29, 0.717) is 0 Å². The first-order valence-corrected chi connectivity index (χ1v) is 4.60. The summed E-state index contributed by atoms with van der Waals surface area (Å²) in [7, 11) is 0. The number of aliphatic hydroxyl groups is 1. The topological polar surface area (TPSA) is 20.2 Å². The molecule has 0 amide bonds. The molecule has 1 N–H and O–H groups in total. The van der Waals surface area contributed by atoms with Crippen molar-refractivity contribution in [1.82, 2.24) is 0 Å². The van der Waals surface area contributed by atoms with Crippen molar-refractivity contribution in [2.45, 2.75) is 23.7 Å². The minimum Gasteiger partial charge on any atom is -0.382 e. The molecule has 2 heteroatoms. The molecule has 1 aromatic carbocycles. The maximum atomic E-state index is 9.27. The van der Waals surface area contributed by atoms with Gasteiger partial charge < -0.3 is 5.11 Å². The summed E-state index contributed by atoms with van der Waals surface area (Å²) in [4.78, 5) is 1.13.